The van der Waals surface area contributed by atoms with Crippen molar-refractivity contribution in [2.24, 2.45) is 15.5 Å². The van der Waals surface area contributed by atoms with Crippen molar-refractivity contribution in [3.05, 3.63) is 65.0 Å². The summed E-state index contributed by atoms with van der Waals surface area (Å²) in [7, 11) is 3.92. The first-order valence-electron chi connectivity index (χ1n) is 9.95. The summed E-state index contributed by atoms with van der Waals surface area (Å²) in [6.07, 6.45) is 0. The van der Waals surface area contributed by atoms with Gasteiger partial charge in [0.15, 0.2) is 5.71 Å². The lowest BCUT2D eigenvalue weighted by Gasteiger charge is -2.11. The van der Waals surface area contributed by atoms with Crippen LogP contribution in [0.25, 0.3) is 0 Å². The average Bonchev–Trinajstić information content (AvgIpc) is 2.81. The lowest BCUT2D eigenvalue weighted by Crippen LogP contribution is -2.19. The maximum Gasteiger partial charge on any atom is 0.360 e. The molecule has 2 rings (SSSR count). The number of nitrogens with zero attached hydrogens (tertiary/aromatic N) is 3. The molecule has 0 saturated carbocycles. The Kier molecular flexibility index (Phi) is 9.81. The van der Waals surface area contributed by atoms with Crippen molar-refractivity contribution >= 4 is 23.1 Å². The van der Waals surface area contributed by atoms with Crippen LogP contribution in [0.15, 0.2) is 57.9 Å². The van der Waals surface area contributed by atoms with Crippen molar-refractivity contribution in [1.82, 2.24) is 0 Å². The first-order chi connectivity index (χ1) is 16.0. The molecule has 0 unspecified atom stereocenters. The second-order valence-corrected chi connectivity index (χ2v) is 6.42. The van der Waals surface area contributed by atoms with E-state index in [4.69, 9.17) is 24.0 Å². The number of halogens is 1. The molecular formula is C23H26FN3O6. The minimum atomic E-state index is -0.663. The average molecular weight is 459 g/mol. The van der Waals surface area contributed by atoms with Gasteiger partial charge in [0.1, 0.15) is 43.8 Å². The number of oxime groups is 3. The van der Waals surface area contributed by atoms with E-state index in [1.165, 1.54) is 33.5 Å². The number of hydrogen-bond donors (Lipinski definition) is 0. The highest BCUT2D eigenvalue weighted by Gasteiger charge is 2.20. The molecule has 0 spiro atoms. The molecule has 176 valence electrons. The van der Waals surface area contributed by atoms with Crippen LogP contribution >= 0.6 is 0 Å². The van der Waals surface area contributed by atoms with Gasteiger partial charge in [-0.1, -0.05) is 39.7 Å². The van der Waals surface area contributed by atoms with Crippen molar-refractivity contribution in [3.63, 3.8) is 0 Å². The van der Waals surface area contributed by atoms with Crippen molar-refractivity contribution < 1.29 is 33.2 Å². The molecule has 9 nitrogen and oxygen atoms in total. The van der Waals surface area contributed by atoms with Crippen LogP contribution in [0.5, 0.6) is 5.75 Å². The summed E-state index contributed by atoms with van der Waals surface area (Å²) in [5.74, 6) is -0.809. The normalized spacial score (nSPS) is 12.2. The predicted octanol–water partition coefficient (Wildman–Crippen LogP) is 3.69. The van der Waals surface area contributed by atoms with E-state index in [1.54, 1.807) is 37.3 Å². The van der Waals surface area contributed by atoms with Crippen LogP contribution in [0.3, 0.4) is 0 Å². The molecule has 0 fully saturated rings. The summed E-state index contributed by atoms with van der Waals surface area (Å²) in [5, 5.41) is 11.7. The van der Waals surface area contributed by atoms with Gasteiger partial charge in [-0.3, -0.25) is 0 Å². The molecule has 10 heteroatoms. The van der Waals surface area contributed by atoms with Gasteiger partial charge in [-0.05, 0) is 26.0 Å². The smallest absolute Gasteiger partial charge is 0.360 e. The Morgan fingerprint density at radius 1 is 0.939 bits per heavy atom. The molecule has 0 atom stereocenters. The Balaban J connectivity index is 2.27. The Hall–Kier alpha value is -3.95. The highest BCUT2D eigenvalue weighted by Crippen LogP contribution is 2.19. The zero-order valence-electron chi connectivity index (χ0n) is 19.1. The maximum absolute atomic E-state index is 14.6. The standard InChI is InChI=1S/C23H26FN3O6/c1-6-32-17-11-12-19(20(24)13-17)21(26-30-4)15(2)25-33-14-16-9-7-8-10-18(16)22(27-31-5)23(28)29-3/h7-13H,6,14H2,1-5H3. The minimum Gasteiger partial charge on any atom is -0.494 e. The van der Waals surface area contributed by atoms with E-state index in [0.29, 0.717) is 23.5 Å². The number of rotatable bonds is 11. The summed E-state index contributed by atoms with van der Waals surface area (Å²) in [4.78, 5) is 27.2. The third-order valence-corrected chi connectivity index (χ3v) is 4.29. The van der Waals surface area contributed by atoms with Crippen molar-refractivity contribution in [2.75, 3.05) is 27.9 Å². The van der Waals surface area contributed by atoms with E-state index in [1.807, 2.05) is 6.92 Å². The molecule has 0 radical (unpaired) electrons. The van der Waals surface area contributed by atoms with Gasteiger partial charge in [-0.25, -0.2) is 9.18 Å². The summed E-state index contributed by atoms with van der Waals surface area (Å²) in [6.45, 7) is 3.82. The van der Waals surface area contributed by atoms with E-state index < -0.39 is 11.8 Å². The second-order valence-electron chi connectivity index (χ2n) is 6.42. The van der Waals surface area contributed by atoms with E-state index >= 15 is 0 Å². The van der Waals surface area contributed by atoms with Gasteiger partial charge in [0, 0.05) is 22.8 Å². The highest BCUT2D eigenvalue weighted by atomic mass is 19.1. The van der Waals surface area contributed by atoms with Gasteiger partial charge in [0.2, 0.25) is 0 Å². The zero-order chi connectivity index (χ0) is 24.2. The lowest BCUT2D eigenvalue weighted by molar-refractivity contribution is -0.132. The number of methoxy groups -OCH3 is 1. The van der Waals surface area contributed by atoms with Crippen molar-refractivity contribution in [3.8, 4) is 5.75 Å². The second kappa shape index (κ2) is 12.8. The predicted molar refractivity (Wildman–Crippen MR) is 121 cm³/mol. The Morgan fingerprint density at radius 3 is 2.27 bits per heavy atom. The fourth-order valence-corrected chi connectivity index (χ4v) is 2.85. The van der Waals surface area contributed by atoms with Crippen LogP contribution in [-0.4, -0.2) is 51.0 Å². The first kappa shape index (κ1) is 25.3. The summed E-state index contributed by atoms with van der Waals surface area (Å²) >= 11 is 0. The quantitative estimate of drug-likeness (QED) is 0.289. The van der Waals surface area contributed by atoms with Gasteiger partial charge in [-0.15, -0.1) is 0 Å². The number of carbonyl (C=O) groups is 1. The van der Waals surface area contributed by atoms with Gasteiger partial charge >= 0.3 is 5.97 Å². The molecule has 0 saturated heterocycles. The van der Waals surface area contributed by atoms with Crippen LogP contribution in [-0.2, 0) is 30.7 Å². The molecule has 33 heavy (non-hydrogen) atoms. The molecule has 0 aliphatic rings. The van der Waals surface area contributed by atoms with E-state index in [2.05, 4.69) is 15.5 Å². The molecular weight excluding hydrogens is 433 g/mol. The van der Waals surface area contributed by atoms with Crippen LogP contribution in [0.2, 0.25) is 0 Å². The number of benzene rings is 2. The largest absolute Gasteiger partial charge is 0.494 e. The van der Waals surface area contributed by atoms with Crippen molar-refractivity contribution in [1.29, 1.82) is 0 Å². The number of carbonyl (C=O) groups excluding carboxylic acids is 1. The summed E-state index contributed by atoms with van der Waals surface area (Å²) in [6, 6.07) is 11.3. The Bertz CT molecular complexity index is 1050. The SMILES string of the molecule is CCOc1ccc(C(=NOC)C(C)=NOCc2ccccc2C(=NOC)C(=O)OC)c(F)c1. The van der Waals surface area contributed by atoms with Crippen LogP contribution in [0, 0.1) is 5.82 Å². The molecule has 0 heterocycles. The van der Waals surface area contributed by atoms with Gasteiger partial charge < -0.3 is 24.0 Å². The number of hydrogen-bond acceptors (Lipinski definition) is 9. The van der Waals surface area contributed by atoms with Crippen LogP contribution in [0.4, 0.5) is 4.39 Å². The Morgan fingerprint density at radius 2 is 1.64 bits per heavy atom. The van der Waals surface area contributed by atoms with Gasteiger partial charge in [0.25, 0.3) is 0 Å². The molecule has 0 aromatic heterocycles. The zero-order valence-corrected chi connectivity index (χ0v) is 19.1. The third-order valence-electron chi connectivity index (χ3n) is 4.29. The lowest BCUT2D eigenvalue weighted by atomic mass is 10.0. The van der Waals surface area contributed by atoms with Crippen LogP contribution in [0.1, 0.15) is 30.5 Å². The van der Waals surface area contributed by atoms with Gasteiger partial charge in [0.05, 0.1) is 13.7 Å². The van der Waals surface area contributed by atoms with E-state index in [-0.39, 0.29) is 29.3 Å². The third kappa shape index (κ3) is 6.76. The van der Waals surface area contributed by atoms with E-state index in [9.17, 15) is 9.18 Å². The van der Waals surface area contributed by atoms with Crippen LogP contribution < -0.4 is 4.74 Å². The molecule has 0 aliphatic carbocycles. The van der Waals surface area contributed by atoms with Gasteiger partial charge in [-0.2, -0.15) is 0 Å². The van der Waals surface area contributed by atoms with Crippen molar-refractivity contribution in [2.45, 2.75) is 20.5 Å². The summed E-state index contributed by atoms with van der Waals surface area (Å²) in [5.41, 5.74) is 1.65. The minimum absolute atomic E-state index is 0.0146. The highest BCUT2D eigenvalue weighted by molar-refractivity contribution is 6.47. The monoisotopic (exact) mass is 459 g/mol. The molecule has 0 N–H and O–H groups in total. The fourth-order valence-electron chi connectivity index (χ4n) is 2.85. The number of esters is 1. The maximum atomic E-state index is 14.6. The molecule has 0 amide bonds. The molecule has 0 bridgehead atoms. The Labute approximate surface area is 191 Å². The fraction of sp³-hybridized carbons (Fsp3) is 0.304. The topological polar surface area (TPSA) is 100 Å². The molecule has 2 aromatic carbocycles. The summed E-state index contributed by atoms with van der Waals surface area (Å²) < 4.78 is 24.7. The first-order valence-corrected chi connectivity index (χ1v) is 9.95. The molecule has 0 aliphatic heterocycles. The number of ether oxygens (including phenoxy) is 2. The molecule has 2 aromatic rings. The van der Waals surface area contributed by atoms with E-state index in [0.717, 1.165) is 0 Å².